The molecule has 0 heterocycles. The van der Waals surface area contributed by atoms with Crippen molar-refractivity contribution >= 4 is 21.4 Å². The van der Waals surface area contributed by atoms with Crippen molar-refractivity contribution in [3.05, 3.63) is 18.2 Å². The summed E-state index contributed by atoms with van der Waals surface area (Å²) in [4.78, 5) is 0.112. The predicted molar refractivity (Wildman–Crippen MR) is 78.9 cm³/mol. The van der Waals surface area contributed by atoms with Gasteiger partial charge in [-0.3, -0.25) is 0 Å². The molecule has 1 fully saturated rings. The highest BCUT2D eigenvalue weighted by Crippen LogP contribution is 2.31. The van der Waals surface area contributed by atoms with Gasteiger partial charge in [-0.25, -0.2) is 12.7 Å². The SMILES string of the molecule is CN(C)S(=O)(=O)c1cccc(NCC2CC(O)C2)c1N. The first-order valence-corrected chi connectivity index (χ1v) is 7.99. The van der Waals surface area contributed by atoms with E-state index in [0.29, 0.717) is 18.2 Å². The summed E-state index contributed by atoms with van der Waals surface area (Å²) < 4.78 is 25.4. The van der Waals surface area contributed by atoms with Gasteiger partial charge in [0.1, 0.15) is 4.90 Å². The number of nitrogens with zero attached hydrogens (tertiary/aromatic N) is 1. The highest BCUT2D eigenvalue weighted by Gasteiger charge is 2.27. The van der Waals surface area contributed by atoms with Gasteiger partial charge in [0, 0.05) is 20.6 Å². The zero-order valence-corrected chi connectivity index (χ0v) is 12.5. The second kappa shape index (κ2) is 5.59. The third-order valence-electron chi connectivity index (χ3n) is 3.62. The fourth-order valence-electron chi connectivity index (χ4n) is 2.24. The highest BCUT2D eigenvalue weighted by molar-refractivity contribution is 7.89. The Kier molecular flexibility index (Phi) is 4.22. The van der Waals surface area contributed by atoms with Crippen LogP contribution in [0.2, 0.25) is 0 Å². The standard InChI is InChI=1S/C13H21N3O3S/c1-16(2)20(18,19)12-5-3-4-11(13(12)14)15-8-9-6-10(17)7-9/h3-5,9-10,15,17H,6-8,14H2,1-2H3. The summed E-state index contributed by atoms with van der Waals surface area (Å²) in [5.74, 6) is 0.415. The molecule has 7 heteroatoms. The van der Waals surface area contributed by atoms with Crippen LogP contribution in [0.4, 0.5) is 11.4 Å². The van der Waals surface area contributed by atoms with Crippen LogP contribution in [0, 0.1) is 5.92 Å². The van der Waals surface area contributed by atoms with Gasteiger partial charge >= 0.3 is 0 Å². The van der Waals surface area contributed by atoms with Crippen molar-refractivity contribution in [1.82, 2.24) is 4.31 Å². The van der Waals surface area contributed by atoms with Crippen molar-refractivity contribution in [3.8, 4) is 0 Å². The third-order valence-corrected chi connectivity index (χ3v) is 5.49. The molecule has 0 aromatic heterocycles. The summed E-state index contributed by atoms with van der Waals surface area (Å²) in [6, 6.07) is 4.94. The molecule has 0 spiro atoms. The summed E-state index contributed by atoms with van der Waals surface area (Å²) in [6.45, 7) is 0.687. The predicted octanol–water partition coefficient (Wildman–Crippen LogP) is 0.702. The van der Waals surface area contributed by atoms with Crippen LogP contribution in [0.25, 0.3) is 0 Å². The minimum absolute atomic E-state index is 0.112. The van der Waals surface area contributed by atoms with Crippen LogP contribution in [-0.4, -0.2) is 44.6 Å². The van der Waals surface area contributed by atoms with Gasteiger partial charge in [-0.05, 0) is 30.9 Å². The Morgan fingerprint density at radius 1 is 1.40 bits per heavy atom. The molecule has 112 valence electrons. The fraction of sp³-hybridized carbons (Fsp3) is 0.538. The summed E-state index contributed by atoms with van der Waals surface area (Å²) in [7, 11) is -0.587. The maximum atomic E-state index is 12.1. The number of aliphatic hydroxyl groups excluding tert-OH is 1. The van der Waals surface area contributed by atoms with E-state index in [1.807, 2.05) is 0 Å². The highest BCUT2D eigenvalue weighted by atomic mass is 32.2. The molecule has 20 heavy (non-hydrogen) atoms. The van der Waals surface area contributed by atoms with E-state index < -0.39 is 10.0 Å². The van der Waals surface area contributed by atoms with E-state index >= 15 is 0 Å². The van der Waals surface area contributed by atoms with Crippen molar-refractivity contribution in [2.45, 2.75) is 23.8 Å². The Bertz CT molecular complexity index is 581. The molecule has 1 aliphatic rings. The molecule has 0 unspecified atom stereocenters. The van der Waals surface area contributed by atoms with Crippen LogP contribution in [0.3, 0.4) is 0 Å². The smallest absolute Gasteiger partial charge is 0.244 e. The Morgan fingerprint density at radius 3 is 2.60 bits per heavy atom. The molecule has 0 aliphatic heterocycles. The maximum Gasteiger partial charge on any atom is 0.244 e. The molecule has 0 bridgehead atoms. The van der Waals surface area contributed by atoms with Crippen LogP contribution in [-0.2, 0) is 10.0 Å². The Balaban J connectivity index is 2.15. The number of rotatable bonds is 5. The van der Waals surface area contributed by atoms with Crippen LogP contribution in [0.1, 0.15) is 12.8 Å². The van der Waals surface area contributed by atoms with Crippen LogP contribution in [0.15, 0.2) is 23.1 Å². The monoisotopic (exact) mass is 299 g/mol. The molecule has 6 nitrogen and oxygen atoms in total. The lowest BCUT2D eigenvalue weighted by molar-refractivity contribution is 0.0487. The number of nitrogens with two attached hydrogens (primary N) is 1. The lowest BCUT2D eigenvalue weighted by atomic mass is 9.82. The normalized spacial score (nSPS) is 22.6. The molecule has 1 saturated carbocycles. The number of nitrogen functional groups attached to an aromatic ring is 1. The van der Waals surface area contributed by atoms with E-state index in [1.54, 1.807) is 12.1 Å². The van der Waals surface area contributed by atoms with Crippen molar-refractivity contribution in [3.63, 3.8) is 0 Å². The third kappa shape index (κ3) is 2.89. The number of para-hydroxylation sites is 1. The van der Waals surface area contributed by atoms with Gasteiger partial charge < -0.3 is 16.2 Å². The Hall–Kier alpha value is -1.31. The number of benzene rings is 1. The van der Waals surface area contributed by atoms with E-state index in [1.165, 1.54) is 20.2 Å². The van der Waals surface area contributed by atoms with Gasteiger partial charge in [0.15, 0.2) is 0 Å². The summed E-state index contributed by atoms with van der Waals surface area (Å²) in [5.41, 5.74) is 6.82. The number of hydrogen-bond acceptors (Lipinski definition) is 5. The number of sulfonamides is 1. The molecule has 4 N–H and O–H groups in total. The minimum Gasteiger partial charge on any atom is -0.396 e. The quantitative estimate of drug-likeness (QED) is 0.696. The number of aliphatic hydroxyl groups is 1. The number of anilines is 2. The Morgan fingerprint density at radius 2 is 2.05 bits per heavy atom. The van der Waals surface area contributed by atoms with Crippen molar-refractivity contribution in [2.75, 3.05) is 31.7 Å². The average Bonchev–Trinajstić information content (AvgIpc) is 2.34. The van der Waals surface area contributed by atoms with Gasteiger partial charge in [0.25, 0.3) is 0 Å². The molecule has 1 aromatic carbocycles. The van der Waals surface area contributed by atoms with Gasteiger partial charge in [0.05, 0.1) is 17.5 Å². The first-order valence-electron chi connectivity index (χ1n) is 6.55. The molecule has 1 aromatic rings. The summed E-state index contributed by atoms with van der Waals surface area (Å²) in [5, 5.41) is 12.4. The number of nitrogens with one attached hydrogen (secondary N) is 1. The first-order chi connectivity index (χ1) is 9.32. The molecule has 0 saturated heterocycles. The summed E-state index contributed by atoms with van der Waals surface area (Å²) in [6.07, 6.45) is 1.37. The van der Waals surface area contributed by atoms with Gasteiger partial charge in [0.2, 0.25) is 10.0 Å². The molecule has 0 radical (unpaired) electrons. The van der Waals surface area contributed by atoms with Gasteiger partial charge in [-0.2, -0.15) is 0 Å². The molecule has 0 amide bonds. The zero-order chi connectivity index (χ0) is 14.9. The van der Waals surface area contributed by atoms with Crippen LogP contribution in [0.5, 0.6) is 0 Å². The molecular formula is C13H21N3O3S. The fourth-order valence-corrected chi connectivity index (χ4v) is 3.27. The second-order valence-electron chi connectivity index (χ2n) is 5.38. The molecule has 2 rings (SSSR count). The van der Waals surface area contributed by atoms with Crippen LogP contribution < -0.4 is 11.1 Å². The van der Waals surface area contributed by atoms with E-state index in [0.717, 1.165) is 17.1 Å². The summed E-state index contributed by atoms with van der Waals surface area (Å²) >= 11 is 0. The van der Waals surface area contributed by atoms with E-state index in [2.05, 4.69) is 5.32 Å². The lowest BCUT2D eigenvalue weighted by Crippen LogP contribution is -2.33. The second-order valence-corrected chi connectivity index (χ2v) is 7.50. The average molecular weight is 299 g/mol. The largest absolute Gasteiger partial charge is 0.396 e. The lowest BCUT2D eigenvalue weighted by Gasteiger charge is -2.31. The zero-order valence-electron chi connectivity index (χ0n) is 11.7. The molecule has 1 aliphatic carbocycles. The van der Waals surface area contributed by atoms with Gasteiger partial charge in [-0.1, -0.05) is 6.07 Å². The van der Waals surface area contributed by atoms with Crippen LogP contribution >= 0.6 is 0 Å². The maximum absolute atomic E-state index is 12.1. The van der Waals surface area contributed by atoms with Crippen molar-refractivity contribution in [1.29, 1.82) is 0 Å². The van der Waals surface area contributed by atoms with Gasteiger partial charge in [-0.15, -0.1) is 0 Å². The van der Waals surface area contributed by atoms with E-state index in [4.69, 9.17) is 5.73 Å². The van der Waals surface area contributed by atoms with E-state index in [-0.39, 0.29) is 16.7 Å². The molecule has 0 atom stereocenters. The number of hydrogen-bond donors (Lipinski definition) is 3. The minimum atomic E-state index is -3.54. The van der Waals surface area contributed by atoms with E-state index in [9.17, 15) is 13.5 Å². The van der Waals surface area contributed by atoms with Crippen molar-refractivity contribution < 1.29 is 13.5 Å². The first kappa shape index (κ1) is 15.1. The van der Waals surface area contributed by atoms with Crippen molar-refractivity contribution in [2.24, 2.45) is 5.92 Å². The topological polar surface area (TPSA) is 95.7 Å². The Labute approximate surface area is 119 Å². The molecular weight excluding hydrogens is 278 g/mol.